The molecule has 0 radical (unpaired) electrons. The molecule has 0 unspecified atom stereocenters. The average molecular weight is 767 g/mol. The summed E-state index contributed by atoms with van der Waals surface area (Å²) in [5, 5.41) is 11.4. The van der Waals surface area contributed by atoms with E-state index in [-0.39, 0.29) is 0 Å². The summed E-state index contributed by atoms with van der Waals surface area (Å²) in [4.78, 5) is 7.29. The van der Waals surface area contributed by atoms with Crippen LogP contribution in [0.3, 0.4) is 0 Å². The summed E-state index contributed by atoms with van der Waals surface area (Å²) in [5.74, 6) is 0. The van der Waals surface area contributed by atoms with Gasteiger partial charge in [-0.3, -0.25) is 0 Å². The quantitative estimate of drug-likeness (QED) is 0.173. The van der Waals surface area contributed by atoms with E-state index < -0.39 is 0 Å². The maximum absolute atomic E-state index is 4.88. The summed E-state index contributed by atoms with van der Waals surface area (Å²) in [6, 6.07) is 66.9. The van der Waals surface area contributed by atoms with E-state index in [0.717, 1.165) is 33.1 Å². The molecule has 3 heterocycles. The molecule has 0 atom stereocenters. The normalized spacial score (nSPS) is 11.9. The third kappa shape index (κ3) is 5.24. The second kappa shape index (κ2) is 12.6. The van der Waals surface area contributed by atoms with Crippen LogP contribution in [0.15, 0.2) is 182 Å². The van der Waals surface area contributed by atoms with E-state index in [9.17, 15) is 0 Å². The van der Waals surface area contributed by atoms with Gasteiger partial charge >= 0.3 is 0 Å². The molecule has 0 fully saturated rings. The molecule has 9 aromatic carbocycles. The third-order valence-corrected chi connectivity index (χ3v) is 14.4. The zero-order chi connectivity index (χ0) is 36.7. The molecule has 56 heavy (non-hydrogen) atoms. The van der Waals surface area contributed by atoms with Crippen molar-refractivity contribution in [2.75, 3.05) is 4.90 Å². The standard InChI is InChI=1S/C51H30N2S3/c1-3-9-36-27-47-43(25-34(36)7-1)41-23-21-39(29-49(41)54-47)53(40-22-24-42-44-26-35-8-2-4-10-37(35)28-48(44)55-50(42)30-40)38-19-17-32(18-20-38)31-13-15-33(16-14-31)51-52-45-11-5-6-12-46(45)56-51/h1-30H. The van der Waals surface area contributed by atoms with Crippen molar-refractivity contribution in [3.8, 4) is 21.7 Å². The molecule has 12 rings (SSSR count). The first-order chi connectivity index (χ1) is 27.7. The molecule has 0 aliphatic rings. The summed E-state index contributed by atoms with van der Waals surface area (Å²) in [6.45, 7) is 0. The average Bonchev–Trinajstić information content (AvgIpc) is 3.95. The van der Waals surface area contributed by atoms with Gasteiger partial charge in [0.2, 0.25) is 0 Å². The number of thiophene rings is 2. The topological polar surface area (TPSA) is 16.1 Å². The molecule has 0 aliphatic heterocycles. The highest BCUT2D eigenvalue weighted by molar-refractivity contribution is 7.26. The van der Waals surface area contributed by atoms with Crippen LogP contribution in [0.25, 0.3) is 93.8 Å². The number of aromatic nitrogens is 1. The fraction of sp³-hybridized carbons (Fsp3) is 0. The van der Waals surface area contributed by atoms with Gasteiger partial charge < -0.3 is 4.90 Å². The lowest BCUT2D eigenvalue weighted by Crippen LogP contribution is -2.09. The predicted molar refractivity (Wildman–Crippen MR) is 246 cm³/mol. The largest absolute Gasteiger partial charge is 0.310 e. The number of nitrogens with zero attached hydrogens (tertiary/aromatic N) is 2. The Balaban J connectivity index is 0.964. The van der Waals surface area contributed by atoms with Crippen molar-refractivity contribution >= 4 is 123 Å². The molecular weight excluding hydrogens is 737 g/mol. The maximum Gasteiger partial charge on any atom is 0.124 e. The van der Waals surface area contributed by atoms with Crippen molar-refractivity contribution < 1.29 is 0 Å². The van der Waals surface area contributed by atoms with E-state index >= 15 is 0 Å². The van der Waals surface area contributed by atoms with E-state index in [2.05, 4.69) is 181 Å². The van der Waals surface area contributed by atoms with Crippen LogP contribution in [-0.2, 0) is 0 Å². The highest BCUT2D eigenvalue weighted by Crippen LogP contribution is 2.45. The summed E-state index contributed by atoms with van der Waals surface area (Å²) in [5.41, 5.74) is 7.98. The number of rotatable bonds is 5. The van der Waals surface area contributed by atoms with Crippen LogP contribution in [0.1, 0.15) is 0 Å². The molecular formula is C51H30N2S3. The highest BCUT2D eigenvalue weighted by atomic mass is 32.1. The molecule has 5 heteroatoms. The third-order valence-electron chi connectivity index (χ3n) is 11.0. The van der Waals surface area contributed by atoms with E-state index in [1.807, 2.05) is 28.7 Å². The van der Waals surface area contributed by atoms with Crippen molar-refractivity contribution in [1.82, 2.24) is 4.98 Å². The number of anilines is 3. The van der Waals surface area contributed by atoms with Crippen LogP contribution in [0.5, 0.6) is 0 Å². The lowest BCUT2D eigenvalue weighted by atomic mass is 10.0. The number of benzene rings is 9. The van der Waals surface area contributed by atoms with Crippen LogP contribution < -0.4 is 4.90 Å². The minimum atomic E-state index is 1.05. The van der Waals surface area contributed by atoms with Crippen LogP contribution in [0, 0.1) is 0 Å². The van der Waals surface area contributed by atoms with E-state index in [1.165, 1.54) is 77.7 Å². The Morgan fingerprint density at radius 2 is 0.768 bits per heavy atom. The Kier molecular flexibility index (Phi) is 7.18. The zero-order valence-corrected chi connectivity index (χ0v) is 32.4. The second-order valence-corrected chi connectivity index (χ2v) is 17.6. The van der Waals surface area contributed by atoms with Gasteiger partial charge in [0.15, 0.2) is 0 Å². The summed E-state index contributed by atoms with van der Waals surface area (Å²) < 4.78 is 6.43. The Morgan fingerprint density at radius 3 is 1.32 bits per heavy atom. The van der Waals surface area contributed by atoms with Crippen molar-refractivity contribution in [2.45, 2.75) is 0 Å². The Labute approximate surface area is 334 Å². The number of thiazole rings is 1. The molecule has 0 saturated carbocycles. The van der Waals surface area contributed by atoms with Crippen LogP contribution >= 0.6 is 34.0 Å². The molecule has 0 N–H and O–H groups in total. The van der Waals surface area contributed by atoms with Gasteiger partial charge in [-0.15, -0.1) is 34.0 Å². The van der Waals surface area contributed by atoms with Gasteiger partial charge in [0.25, 0.3) is 0 Å². The first-order valence-electron chi connectivity index (χ1n) is 18.8. The SMILES string of the molecule is c1ccc2cc3c(cc2c1)sc1cc(N(c2ccc(-c4ccc(-c5nc6ccccc6s5)cc4)cc2)c2ccc4c(c2)sc2cc5ccccc5cc24)ccc13. The molecule has 262 valence electrons. The molecule has 0 spiro atoms. The minimum Gasteiger partial charge on any atom is -0.310 e. The van der Waals surface area contributed by atoms with Gasteiger partial charge in [-0.25, -0.2) is 4.98 Å². The van der Waals surface area contributed by atoms with Gasteiger partial charge in [-0.1, -0.05) is 109 Å². The van der Waals surface area contributed by atoms with Gasteiger partial charge in [0.05, 0.1) is 10.2 Å². The van der Waals surface area contributed by atoms with Crippen molar-refractivity contribution in [3.63, 3.8) is 0 Å². The van der Waals surface area contributed by atoms with Crippen molar-refractivity contribution in [1.29, 1.82) is 0 Å². The maximum atomic E-state index is 4.88. The highest BCUT2D eigenvalue weighted by Gasteiger charge is 2.18. The summed E-state index contributed by atoms with van der Waals surface area (Å²) in [6.07, 6.45) is 0. The lowest BCUT2D eigenvalue weighted by molar-refractivity contribution is 1.30. The number of fused-ring (bicyclic) bond motifs is 9. The van der Waals surface area contributed by atoms with Crippen LogP contribution in [-0.4, -0.2) is 4.98 Å². The van der Waals surface area contributed by atoms with E-state index in [4.69, 9.17) is 4.98 Å². The second-order valence-electron chi connectivity index (χ2n) is 14.4. The summed E-state index contributed by atoms with van der Waals surface area (Å²) in [7, 11) is 0. The fourth-order valence-corrected chi connectivity index (χ4v) is 11.5. The summed E-state index contributed by atoms with van der Waals surface area (Å²) >= 11 is 5.50. The smallest absolute Gasteiger partial charge is 0.124 e. The van der Waals surface area contributed by atoms with Crippen molar-refractivity contribution in [2.24, 2.45) is 0 Å². The van der Waals surface area contributed by atoms with Crippen molar-refractivity contribution in [3.05, 3.63) is 182 Å². The van der Waals surface area contributed by atoms with Gasteiger partial charge in [0, 0.05) is 63.0 Å². The van der Waals surface area contributed by atoms with Gasteiger partial charge in [-0.05, 0) is 105 Å². The molecule has 0 bridgehead atoms. The van der Waals surface area contributed by atoms with Gasteiger partial charge in [-0.2, -0.15) is 0 Å². The molecule has 0 aliphatic carbocycles. The van der Waals surface area contributed by atoms with E-state index in [0.29, 0.717) is 0 Å². The number of hydrogen-bond acceptors (Lipinski definition) is 5. The molecule has 3 aromatic heterocycles. The fourth-order valence-electron chi connectivity index (χ4n) is 8.23. The van der Waals surface area contributed by atoms with Crippen LogP contribution in [0.4, 0.5) is 17.1 Å². The first-order valence-corrected chi connectivity index (χ1v) is 21.2. The van der Waals surface area contributed by atoms with Crippen LogP contribution in [0.2, 0.25) is 0 Å². The predicted octanol–water partition coefficient (Wildman–Crippen LogP) is 16.1. The number of para-hydroxylation sites is 1. The Hall–Kier alpha value is -6.37. The lowest BCUT2D eigenvalue weighted by Gasteiger charge is -2.26. The molecule has 0 saturated heterocycles. The monoisotopic (exact) mass is 766 g/mol. The molecule has 0 amide bonds. The Morgan fingerprint density at radius 1 is 0.321 bits per heavy atom. The minimum absolute atomic E-state index is 1.05. The van der Waals surface area contributed by atoms with E-state index in [1.54, 1.807) is 11.3 Å². The molecule has 2 nitrogen and oxygen atoms in total. The zero-order valence-electron chi connectivity index (χ0n) is 29.9. The van der Waals surface area contributed by atoms with Gasteiger partial charge in [0.1, 0.15) is 5.01 Å². The molecule has 12 aromatic rings. The Bertz CT molecular complexity index is 3290. The first kappa shape index (κ1) is 31.9. The number of hydrogen-bond donors (Lipinski definition) is 0.